The maximum atomic E-state index is 4.57. The van der Waals surface area contributed by atoms with E-state index in [9.17, 15) is 0 Å². The van der Waals surface area contributed by atoms with E-state index in [2.05, 4.69) is 33.5 Å². The first-order valence-corrected chi connectivity index (χ1v) is 6.81. The summed E-state index contributed by atoms with van der Waals surface area (Å²) in [5, 5.41) is 5.55. The fourth-order valence-electron chi connectivity index (χ4n) is 2.21. The molecule has 21 heavy (non-hydrogen) atoms. The summed E-state index contributed by atoms with van der Waals surface area (Å²) in [6.45, 7) is 4.03. The van der Waals surface area contributed by atoms with Gasteiger partial charge in [-0.1, -0.05) is 18.2 Å². The van der Waals surface area contributed by atoms with Gasteiger partial charge >= 0.3 is 0 Å². The number of rotatable bonds is 3. The maximum Gasteiger partial charge on any atom is 0.147 e. The number of nitrogens with one attached hydrogen (secondary N) is 1. The second kappa shape index (κ2) is 5.71. The van der Waals surface area contributed by atoms with Gasteiger partial charge < -0.3 is 0 Å². The number of hydrazone groups is 1. The van der Waals surface area contributed by atoms with E-state index in [-0.39, 0.29) is 0 Å². The van der Waals surface area contributed by atoms with Crippen LogP contribution in [-0.2, 0) is 0 Å². The normalized spacial score (nSPS) is 11.6. The van der Waals surface area contributed by atoms with Crippen LogP contribution in [0, 0.1) is 6.92 Å². The van der Waals surface area contributed by atoms with Crippen molar-refractivity contribution in [3.63, 3.8) is 0 Å². The molecule has 3 aromatic rings. The van der Waals surface area contributed by atoms with Gasteiger partial charge in [-0.3, -0.25) is 10.4 Å². The molecule has 0 amide bonds. The highest BCUT2D eigenvalue weighted by Crippen LogP contribution is 2.19. The van der Waals surface area contributed by atoms with Gasteiger partial charge in [0.15, 0.2) is 0 Å². The minimum atomic E-state index is 0.750. The van der Waals surface area contributed by atoms with E-state index in [1.165, 1.54) is 5.56 Å². The molecule has 0 radical (unpaired) electrons. The Balaban J connectivity index is 1.89. The van der Waals surface area contributed by atoms with Crippen molar-refractivity contribution in [1.29, 1.82) is 0 Å². The van der Waals surface area contributed by atoms with Crippen molar-refractivity contribution in [2.45, 2.75) is 13.8 Å². The van der Waals surface area contributed by atoms with Crippen LogP contribution < -0.4 is 5.43 Å². The quantitative estimate of drug-likeness (QED) is 0.585. The summed E-state index contributed by atoms with van der Waals surface area (Å²) in [6, 6.07) is 14.0. The monoisotopic (exact) mass is 276 g/mol. The van der Waals surface area contributed by atoms with E-state index in [1.54, 1.807) is 12.4 Å². The molecular weight excluding hydrogens is 260 g/mol. The molecule has 0 fully saturated rings. The molecule has 1 N–H and O–H groups in total. The molecule has 0 bridgehead atoms. The van der Waals surface area contributed by atoms with Crippen LogP contribution in [0.15, 0.2) is 60.0 Å². The van der Waals surface area contributed by atoms with Crippen LogP contribution in [0.25, 0.3) is 10.9 Å². The molecule has 0 aliphatic carbocycles. The van der Waals surface area contributed by atoms with Gasteiger partial charge in [0.1, 0.15) is 5.82 Å². The number of hydrogen-bond donors (Lipinski definition) is 1. The van der Waals surface area contributed by atoms with Gasteiger partial charge in [0, 0.05) is 23.3 Å². The summed E-state index contributed by atoms with van der Waals surface area (Å²) >= 11 is 0. The summed E-state index contributed by atoms with van der Waals surface area (Å²) in [4.78, 5) is 8.58. The van der Waals surface area contributed by atoms with Gasteiger partial charge in [-0.2, -0.15) is 5.10 Å². The number of nitrogens with zero attached hydrogens (tertiary/aromatic N) is 3. The Morgan fingerprint density at radius 2 is 1.86 bits per heavy atom. The van der Waals surface area contributed by atoms with Crippen molar-refractivity contribution in [2.24, 2.45) is 5.10 Å². The lowest BCUT2D eigenvalue weighted by Crippen LogP contribution is -2.01. The van der Waals surface area contributed by atoms with Gasteiger partial charge in [-0.25, -0.2) is 4.98 Å². The number of pyridine rings is 2. The maximum absolute atomic E-state index is 4.57. The summed E-state index contributed by atoms with van der Waals surface area (Å²) in [5.41, 5.74) is 7.11. The topological polar surface area (TPSA) is 50.2 Å². The zero-order valence-electron chi connectivity index (χ0n) is 12.0. The average Bonchev–Trinajstić information content (AvgIpc) is 2.53. The van der Waals surface area contributed by atoms with E-state index in [0.717, 1.165) is 28.0 Å². The lowest BCUT2D eigenvalue weighted by atomic mass is 10.1. The summed E-state index contributed by atoms with van der Waals surface area (Å²) in [5.74, 6) is 0.750. The highest BCUT2D eigenvalue weighted by Gasteiger charge is 2.02. The van der Waals surface area contributed by atoms with Crippen LogP contribution in [0.3, 0.4) is 0 Å². The van der Waals surface area contributed by atoms with E-state index in [0.29, 0.717) is 0 Å². The standard InChI is InChI=1S/C17H16N4/c1-12-11-17(19-16-6-4-3-5-15(12)16)21-20-13(2)14-7-9-18-10-8-14/h3-11H,1-2H3,(H,19,21). The highest BCUT2D eigenvalue weighted by atomic mass is 15.3. The highest BCUT2D eigenvalue weighted by molar-refractivity contribution is 5.98. The van der Waals surface area contributed by atoms with Gasteiger partial charge in [-0.15, -0.1) is 0 Å². The molecule has 0 aliphatic heterocycles. The third kappa shape index (κ3) is 2.89. The SMILES string of the molecule is CC(=NNc1cc(C)c2ccccc2n1)c1ccncc1. The first-order chi connectivity index (χ1) is 10.2. The Morgan fingerprint density at radius 3 is 2.67 bits per heavy atom. The van der Waals surface area contributed by atoms with E-state index in [1.807, 2.05) is 43.3 Å². The second-order valence-corrected chi connectivity index (χ2v) is 4.89. The largest absolute Gasteiger partial charge is 0.265 e. The molecule has 104 valence electrons. The molecule has 4 nitrogen and oxygen atoms in total. The molecule has 4 heteroatoms. The lowest BCUT2D eigenvalue weighted by molar-refractivity contribution is 1.23. The zero-order valence-corrected chi connectivity index (χ0v) is 12.0. The van der Waals surface area contributed by atoms with Gasteiger partial charge in [-0.05, 0) is 43.7 Å². The Labute approximate surface area is 123 Å². The first-order valence-electron chi connectivity index (χ1n) is 6.81. The Bertz CT molecular complexity index is 794. The lowest BCUT2D eigenvalue weighted by Gasteiger charge is -2.06. The molecule has 0 saturated heterocycles. The summed E-state index contributed by atoms with van der Waals surface area (Å²) in [6.07, 6.45) is 3.51. The average molecular weight is 276 g/mol. The number of aryl methyl sites for hydroxylation is 1. The van der Waals surface area contributed by atoms with Crippen LogP contribution >= 0.6 is 0 Å². The Morgan fingerprint density at radius 1 is 1.10 bits per heavy atom. The van der Waals surface area contributed by atoms with Crippen LogP contribution in [0.5, 0.6) is 0 Å². The van der Waals surface area contributed by atoms with E-state index in [4.69, 9.17) is 0 Å². The van der Waals surface area contributed by atoms with Crippen LogP contribution in [0.4, 0.5) is 5.82 Å². The van der Waals surface area contributed by atoms with Crippen molar-refractivity contribution < 1.29 is 0 Å². The van der Waals surface area contributed by atoms with E-state index < -0.39 is 0 Å². The van der Waals surface area contributed by atoms with Gasteiger partial charge in [0.25, 0.3) is 0 Å². The minimum Gasteiger partial charge on any atom is -0.265 e. The van der Waals surface area contributed by atoms with Crippen molar-refractivity contribution in [2.75, 3.05) is 5.43 Å². The molecule has 0 saturated carbocycles. The predicted molar refractivity (Wildman–Crippen MR) is 86.6 cm³/mol. The van der Waals surface area contributed by atoms with Crippen molar-refractivity contribution in [1.82, 2.24) is 9.97 Å². The first kappa shape index (κ1) is 13.2. The number of fused-ring (bicyclic) bond motifs is 1. The molecule has 0 spiro atoms. The molecule has 2 aromatic heterocycles. The van der Waals surface area contributed by atoms with Gasteiger partial charge in [0.2, 0.25) is 0 Å². The summed E-state index contributed by atoms with van der Waals surface area (Å²) in [7, 11) is 0. The number of para-hydroxylation sites is 1. The van der Waals surface area contributed by atoms with Gasteiger partial charge in [0.05, 0.1) is 11.2 Å². The molecule has 3 rings (SSSR count). The van der Waals surface area contributed by atoms with Crippen molar-refractivity contribution >= 4 is 22.4 Å². The molecule has 2 heterocycles. The molecule has 1 aromatic carbocycles. The predicted octanol–water partition coefficient (Wildman–Crippen LogP) is 3.77. The third-order valence-electron chi connectivity index (χ3n) is 3.36. The van der Waals surface area contributed by atoms with Crippen LogP contribution in [0.1, 0.15) is 18.1 Å². The summed E-state index contributed by atoms with van der Waals surface area (Å²) < 4.78 is 0. The van der Waals surface area contributed by atoms with E-state index >= 15 is 0 Å². The molecule has 0 unspecified atom stereocenters. The third-order valence-corrected chi connectivity index (χ3v) is 3.36. The molecule has 0 atom stereocenters. The fraction of sp³-hybridized carbons (Fsp3) is 0.118. The minimum absolute atomic E-state index is 0.750. The number of hydrogen-bond acceptors (Lipinski definition) is 4. The van der Waals surface area contributed by atoms with Crippen molar-refractivity contribution in [3.8, 4) is 0 Å². The van der Waals surface area contributed by atoms with Crippen molar-refractivity contribution in [3.05, 3.63) is 66.0 Å². The number of anilines is 1. The Hall–Kier alpha value is -2.75. The molecule has 0 aliphatic rings. The van der Waals surface area contributed by atoms with Crippen LogP contribution in [-0.4, -0.2) is 15.7 Å². The number of aromatic nitrogens is 2. The molecular formula is C17H16N4. The second-order valence-electron chi connectivity index (χ2n) is 4.89. The zero-order chi connectivity index (χ0) is 14.7. The van der Waals surface area contributed by atoms with Crippen LogP contribution in [0.2, 0.25) is 0 Å². The number of benzene rings is 1. The Kier molecular flexibility index (Phi) is 3.60. The smallest absolute Gasteiger partial charge is 0.147 e. The fourth-order valence-corrected chi connectivity index (χ4v) is 2.21.